The van der Waals surface area contributed by atoms with E-state index in [1.54, 1.807) is 19.2 Å². The van der Waals surface area contributed by atoms with Gasteiger partial charge in [-0.25, -0.2) is 8.42 Å². The summed E-state index contributed by atoms with van der Waals surface area (Å²) < 4.78 is 27.2. The maximum Gasteiger partial charge on any atom is 0.233 e. The quantitative estimate of drug-likeness (QED) is 0.784. The van der Waals surface area contributed by atoms with Gasteiger partial charge in [-0.15, -0.1) is 0 Å². The zero-order valence-corrected chi connectivity index (χ0v) is 11.1. The standard InChI is InChI=1S/C11H15ClO3S/c1-11(2,8-16(12,13)14)9-4-6-10(15-3)7-5-9/h4-7H,8H2,1-3H3. The van der Waals surface area contributed by atoms with Crippen molar-refractivity contribution in [1.29, 1.82) is 0 Å². The van der Waals surface area contributed by atoms with Gasteiger partial charge in [0, 0.05) is 16.1 Å². The van der Waals surface area contributed by atoms with Crippen LogP contribution in [-0.2, 0) is 14.5 Å². The first kappa shape index (κ1) is 13.3. The van der Waals surface area contributed by atoms with E-state index in [1.807, 2.05) is 26.0 Å². The summed E-state index contributed by atoms with van der Waals surface area (Å²) in [7, 11) is 3.36. The number of methoxy groups -OCH3 is 1. The van der Waals surface area contributed by atoms with E-state index in [0.29, 0.717) is 0 Å². The summed E-state index contributed by atoms with van der Waals surface area (Å²) in [6.07, 6.45) is 0. The van der Waals surface area contributed by atoms with Crippen LogP contribution in [0, 0.1) is 0 Å². The van der Waals surface area contributed by atoms with Gasteiger partial charge in [0.25, 0.3) is 0 Å². The Hall–Kier alpha value is -0.740. The zero-order chi connectivity index (χ0) is 12.4. The molecular formula is C11H15ClO3S. The molecule has 1 aromatic carbocycles. The molecule has 16 heavy (non-hydrogen) atoms. The third-order valence-corrected chi connectivity index (χ3v) is 3.80. The molecule has 0 atom stereocenters. The van der Waals surface area contributed by atoms with Gasteiger partial charge < -0.3 is 4.74 Å². The van der Waals surface area contributed by atoms with E-state index in [1.165, 1.54) is 0 Å². The molecule has 0 spiro atoms. The molecule has 0 bridgehead atoms. The van der Waals surface area contributed by atoms with Gasteiger partial charge in [0.05, 0.1) is 12.9 Å². The summed E-state index contributed by atoms with van der Waals surface area (Å²) >= 11 is 0. The number of hydrogen-bond acceptors (Lipinski definition) is 3. The summed E-state index contributed by atoms with van der Waals surface area (Å²) in [5.41, 5.74) is 0.407. The number of ether oxygens (including phenoxy) is 1. The van der Waals surface area contributed by atoms with Crippen LogP contribution in [0.15, 0.2) is 24.3 Å². The van der Waals surface area contributed by atoms with E-state index >= 15 is 0 Å². The lowest BCUT2D eigenvalue weighted by molar-refractivity contribution is 0.414. The van der Waals surface area contributed by atoms with Crippen LogP contribution < -0.4 is 4.74 Å². The normalized spacial score (nSPS) is 12.5. The Balaban J connectivity index is 2.98. The third kappa shape index (κ3) is 3.68. The van der Waals surface area contributed by atoms with Gasteiger partial charge in [0.2, 0.25) is 9.05 Å². The predicted octanol–water partition coefficient (Wildman–Crippen LogP) is 2.54. The van der Waals surface area contributed by atoms with Gasteiger partial charge >= 0.3 is 0 Å². The zero-order valence-electron chi connectivity index (χ0n) is 9.53. The van der Waals surface area contributed by atoms with Gasteiger partial charge in [0.15, 0.2) is 0 Å². The second kappa shape index (κ2) is 4.63. The van der Waals surface area contributed by atoms with Crippen molar-refractivity contribution in [1.82, 2.24) is 0 Å². The molecule has 5 heteroatoms. The Morgan fingerprint density at radius 1 is 1.25 bits per heavy atom. The monoisotopic (exact) mass is 262 g/mol. The Kier molecular flexibility index (Phi) is 3.86. The molecule has 90 valence electrons. The first-order valence-electron chi connectivity index (χ1n) is 4.81. The van der Waals surface area contributed by atoms with Crippen LogP contribution >= 0.6 is 10.7 Å². The van der Waals surface area contributed by atoms with Gasteiger partial charge in [-0.1, -0.05) is 26.0 Å². The van der Waals surface area contributed by atoms with Gasteiger partial charge in [-0.05, 0) is 17.7 Å². The van der Waals surface area contributed by atoms with Crippen molar-refractivity contribution >= 4 is 19.7 Å². The van der Waals surface area contributed by atoms with Crippen LogP contribution in [0.25, 0.3) is 0 Å². The summed E-state index contributed by atoms with van der Waals surface area (Å²) in [6, 6.07) is 7.30. The molecule has 0 aliphatic carbocycles. The maximum atomic E-state index is 11.1. The van der Waals surface area contributed by atoms with Gasteiger partial charge in [0.1, 0.15) is 5.75 Å². The maximum absolute atomic E-state index is 11.1. The first-order chi connectivity index (χ1) is 7.24. The van der Waals surface area contributed by atoms with E-state index in [4.69, 9.17) is 15.4 Å². The van der Waals surface area contributed by atoms with Crippen molar-refractivity contribution in [3.05, 3.63) is 29.8 Å². The molecule has 0 aromatic heterocycles. The van der Waals surface area contributed by atoms with E-state index in [9.17, 15) is 8.42 Å². The summed E-state index contributed by atoms with van der Waals surface area (Å²) in [4.78, 5) is 0. The average molecular weight is 263 g/mol. The Morgan fingerprint density at radius 3 is 2.12 bits per heavy atom. The van der Waals surface area contributed by atoms with Crippen LogP contribution in [0.3, 0.4) is 0 Å². The molecule has 3 nitrogen and oxygen atoms in total. The molecule has 0 saturated carbocycles. The highest BCUT2D eigenvalue weighted by Gasteiger charge is 2.26. The molecule has 0 aliphatic rings. The van der Waals surface area contributed by atoms with Crippen molar-refractivity contribution in [2.24, 2.45) is 0 Å². The van der Waals surface area contributed by atoms with Crippen molar-refractivity contribution < 1.29 is 13.2 Å². The Morgan fingerprint density at radius 2 is 1.75 bits per heavy atom. The Bertz CT molecular complexity index is 449. The minimum absolute atomic E-state index is 0.0894. The molecule has 0 heterocycles. The molecule has 0 saturated heterocycles. The number of halogens is 1. The molecule has 0 amide bonds. The summed E-state index contributed by atoms with van der Waals surface area (Å²) in [5, 5.41) is 0. The minimum atomic E-state index is -3.50. The number of benzene rings is 1. The molecule has 1 rings (SSSR count). The molecular weight excluding hydrogens is 248 g/mol. The molecule has 0 radical (unpaired) electrons. The SMILES string of the molecule is COc1ccc(C(C)(C)CS(=O)(=O)Cl)cc1. The fraction of sp³-hybridized carbons (Fsp3) is 0.455. The van der Waals surface area contributed by atoms with Crippen LogP contribution in [0.2, 0.25) is 0 Å². The largest absolute Gasteiger partial charge is 0.497 e. The highest BCUT2D eigenvalue weighted by atomic mass is 35.7. The number of hydrogen-bond donors (Lipinski definition) is 0. The van der Waals surface area contributed by atoms with E-state index in [0.717, 1.165) is 11.3 Å². The highest BCUT2D eigenvalue weighted by Crippen LogP contribution is 2.27. The minimum Gasteiger partial charge on any atom is -0.497 e. The smallest absolute Gasteiger partial charge is 0.233 e. The molecule has 0 unspecified atom stereocenters. The van der Waals surface area contributed by atoms with Crippen LogP contribution in [0.5, 0.6) is 5.75 Å². The summed E-state index contributed by atoms with van der Waals surface area (Å²) in [5.74, 6) is 0.654. The molecule has 0 aliphatic heterocycles. The second-order valence-corrected chi connectivity index (χ2v) is 7.07. The van der Waals surface area contributed by atoms with Gasteiger partial charge in [-0.2, -0.15) is 0 Å². The van der Waals surface area contributed by atoms with Crippen LogP contribution in [0.4, 0.5) is 0 Å². The van der Waals surface area contributed by atoms with Crippen molar-refractivity contribution in [3.63, 3.8) is 0 Å². The molecule has 1 aromatic rings. The fourth-order valence-electron chi connectivity index (χ4n) is 1.56. The lowest BCUT2D eigenvalue weighted by Crippen LogP contribution is -2.25. The second-order valence-electron chi connectivity index (χ2n) is 4.30. The topological polar surface area (TPSA) is 43.4 Å². The van der Waals surface area contributed by atoms with Gasteiger partial charge in [-0.3, -0.25) is 0 Å². The predicted molar refractivity (Wildman–Crippen MR) is 65.7 cm³/mol. The number of rotatable bonds is 4. The van der Waals surface area contributed by atoms with E-state index < -0.39 is 14.5 Å². The summed E-state index contributed by atoms with van der Waals surface area (Å²) in [6.45, 7) is 3.68. The highest BCUT2D eigenvalue weighted by molar-refractivity contribution is 8.13. The lowest BCUT2D eigenvalue weighted by atomic mass is 9.87. The van der Waals surface area contributed by atoms with Crippen molar-refractivity contribution in [2.75, 3.05) is 12.9 Å². The Labute approximate surface area is 101 Å². The first-order valence-corrected chi connectivity index (χ1v) is 7.29. The third-order valence-electron chi connectivity index (χ3n) is 2.40. The molecule has 0 fully saturated rings. The van der Waals surface area contributed by atoms with Crippen LogP contribution in [-0.4, -0.2) is 21.3 Å². The van der Waals surface area contributed by atoms with E-state index in [2.05, 4.69) is 0 Å². The molecule has 0 N–H and O–H groups in total. The van der Waals surface area contributed by atoms with Crippen LogP contribution in [0.1, 0.15) is 19.4 Å². The lowest BCUT2D eigenvalue weighted by Gasteiger charge is -2.23. The average Bonchev–Trinajstić information content (AvgIpc) is 2.14. The van der Waals surface area contributed by atoms with E-state index in [-0.39, 0.29) is 5.75 Å². The van der Waals surface area contributed by atoms with Crippen molar-refractivity contribution in [2.45, 2.75) is 19.3 Å². The van der Waals surface area contributed by atoms with Crippen molar-refractivity contribution in [3.8, 4) is 5.75 Å². The fourth-order valence-corrected chi connectivity index (χ4v) is 3.40.